The van der Waals surface area contributed by atoms with Gasteiger partial charge in [0.1, 0.15) is 5.76 Å². The number of furan rings is 1. The third-order valence-electron chi connectivity index (χ3n) is 1.58. The van der Waals surface area contributed by atoms with Crippen molar-refractivity contribution in [3.8, 4) is 11.8 Å². The number of nitrogens with one attached hydrogen (secondary N) is 1. The molecule has 3 heteroatoms. The second-order valence-electron chi connectivity index (χ2n) is 2.55. The van der Waals surface area contributed by atoms with Crippen molar-refractivity contribution in [1.82, 2.24) is 5.32 Å². The Bertz CT molecular complexity index is 308. The molecule has 0 fully saturated rings. The summed E-state index contributed by atoms with van der Waals surface area (Å²) in [6.45, 7) is 3.50. The molecule has 0 amide bonds. The molecule has 0 aliphatic heterocycles. The van der Waals surface area contributed by atoms with Crippen molar-refractivity contribution in [2.45, 2.75) is 19.9 Å². The average Bonchev–Trinajstić information content (AvgIpc) is 2.52. The molecule has 1 heterocycles. The van der Waals surface area contributed by atoms with Crippen LogP contribution in [0.15, 0.2) is 21.2 Å². The molecule has 2 nitrogen and oxygen atoms in total. The lowest BCUT2D eigenvalue weighted by Gasteiger charge is -1.98. The summed E-state index contributed by atoms with van der Waals surface area (Å²) >= 11 is 3.39. The maximum Gasteiger partial charge on any atom is 0.131 e. The van der Waals surface area contributed by atoms with E-state index in [1.807, 2.05) is 13.0 Å². The molecule has 0 aliphatic rings. The van der Waals surface area contributed by atoms with Crippen LogP contribution >= 0.6 is 15.9 Å². The molecule has 0 saturated heterocycles. The smallest absolute Gasteiger partial charge is 0.131 e. The second kappa shape index (κ2) is 5.85. The molecule has 0 radical (unpaired) electrons. The molecule has 0 atom stereocenters. The molecule has 1 rings (SSSR count). The van der Waals surface area contributed by atoms with Gasteiger partial charge in [-0.2, -0.15) is 0 Å². The summed E-state index contributed by atoms with van der Waals surface area (Å²) in [6.07, 6.45) is 2.56. The van der Waals surface area contributed by atoms with E-state index < -0.39 is 0 Å². The summed E-state index contributed by atoms with van der Waals surface area (Å²) in [6, 6.07) is 1.89. The fourth-order valence-electron chi connectivity index (χ4n) is 0.929. The molecule has 1 aromatic heterocycles. The highest BCUT2D eigenvalue weighted by molar-refractivity contribution is 9.10. The zero-order valence-electron chi connectivity index (χ0n) is 7.56. The fraction of sp³-hybridized carbons (Fsp3) is 0.400. The highest BCUT2D eigenvalue weighted by atomic mass is 79.9. The van der Waals surface area contributed by atoms with E-state index in [0.717, 1.165) is 29.7 Å². The Hall–Kier alpha value is -0.720. The van der Waals surface area contributed by atoms with E-state index >= 15 is 0 Å². The number of hydrogen-bond acceptors (Lipinski definition) is 2. The summed E-state index contributed by atoms with van der Waals surface area (Å²) < 4.78 is 6.24. The maximum atomic E-state index is 5.23. The predicted molar refractivity (Wildman–Crippen MR) is 56.2 cm³/mol. The summed E-state index contributed by atoms with van der Waals surface area (Å²) in [4.78, 5) is 0. The van der Waals surface area contributed by atoms with Gasteiger partial charge in [-0.1, -0.05) is 0 Å². The Morgan fingerprint density at radius 3 is 3.08 bits per heavy atom. The highest BCUT2D eigenvalue weighted by Gasteiger charge is 2.00. The highest BCUT2D eigenvalue weighted by Crippen LogP contribution is 2.16. The van der Waals surface area contributed by atoms with Crippen LogP contribution in [0.3, 0.4) is 0 Å². The Morgan fingerprint density at radius 1 is 1.62 bits per heavy atom. The van der Waals surface area contributed by atoms with Crippen molar-refractivity contribution >= 4 is 15.9 Å². The first kappa shape index (κ1) is 10.4. The largest absolute Gasteiger partial charge is 0.467 e. The Labute approximate surface area is 86.8 Å². The van der Waals surface area contributed by atoms with E-state index in [1.54, 1.807) is 6.26 Å². The Balaban J connectivity index is 2.19. The standard InChI is InChI=1S/C10H12BrNO/c1-2-3-4-6-12-8-10-9(11)5-7-13-10/h5,7,12H,4,6,8H2,1H3. The lowest BCUT2D eigenvalue weighted by Crippen LogP contribution is -2.13. The van der Waals surface area contributed by atoms with Crippen molar-refractivity contribution in [1.29, 1.82) is 0 Å². The summed E-state index contributed by atoms with van der Waals surface area (Å²) in [5.41, 5.74) is 0. The molecule has 1 N–H and O–H groups in total. The van der Waals surface area contributed by atoms with Crippen LogP contribution in [-0.4, -0.2) is 6.54 Å². The SMILES string of the molecule is CC#CCCNCc1occc1Br. The Kier molecular flexibility index (Phi) is 4.66. The Morgan fingerprint density at radius 2 is 2.46 bits per heavy atom. The van der Waals surface area contributed by atoms with Crippen LogP contribution < -0.4 is 5.32 Å². The van der Waals surface area contributed by atoms with E-state index in [1.165, 1.54) is 0 Å². The van der Waals surface area contributed by atoms with Gasteiger partial charge in [-0.25, -0.2) is 0 Å². The molecule has 0 aromatic carbocycles. The van der Waals surface area contributed by atoms with Gasteiger partial charge in [-0.15, -0.1) is 11.8 Å². The van der Waals surface area contributed by atoms with Crippen LogP contribution in [0, 0.1) is 11.8 Å². The number of hydrogen-bond donors (Lipinski definition) is 1. The van der Waals surface area contributed by atoms with E-state index in [0.29, 0.717) is 0 Å². The zero-order chi connectivity index (χ0) is 9.52. The van der Waals surface area contributed by atoms with Gasteiger partial charge in [0.25, 0.3) is 0 Å². The van der Waals surface area contributed by atoms with E-state index in [2.05, 4.69) is 33.1 Å². The minimum Gasteiger partial charge on any atom is -0.467 e. The van der Waals surface area contributed by atoms with Gasteiger partial charge < -0.3 is 9.73 Å². The molecular weight excluding hydrogens is 230 g/mol. The lowest BCUT2D eigenvalue weighted by atomic mass is 10.4. The summed E-state index contributed by atoms with van der Waals surface area (Å²) in [7, 11) is 0. The lowest BCUT2D eigenvalue weighted by molar-refractivity contribution is 0.483. The van der Waals surface area contributed by atoms with Gasteiger partial charge >= 0.3 is 0 Å². The van der Waals surface area contributed by atoms with Gasteiger partial charge in [0.15, 0.2) is 0 Å². The molecule has 1 aromatic rings. The minimum atomic E-state index is 0.749. The van der Waals surface area contributed by atoms with Crippen molar-refractivity contribution in [3.05, 3.63) is 22.6 Å². The predicted octanol–water partition coefficient (Wildman–Crippen LogP) is 2.55. The van der Waals surface area contributed by atoms with Crippen LogP contribution in [0.4, 0.5) is 0 Å². The van der Waals surface area contributed by atoms with Crippen molar-refractivity contribution in [2.75, 3.05) is 6.54 Å². The molecule has 0 aliphatic carbocycles. The first-order valence-corrected chi connectivity index (χ1v) is 4.96. The molecule has 0 bridgehead atoms. The third kappa shape index (κ3) is 3.67. The summed E-state index contributed by atoms with van der Waals surface area (Å²) in [5.74, 6) is 6.77. The van der Waals surface area contributed by atoms with E-state index in [-0.39, 0.29) is 0 Å². The fourth-order valence-corrected chi connectivity index (χ4v) is 1.27. The van der Waals surface area contributed by atoms with E-state index in [4.69, 9.17) is 4.42 Å². The van der Waals surface area contributed by atoms with Gasteiger partial charge in [-0.05, 0) is 28.9 Å². The van der Waals surface area contributed by atoms with Crippen LogP contribution in [0.1, 0.15) is 19.1 Å². The van der Waals surface area contributed by atoms with E-state index in [9.17, 15) is 0 Å². The third-order valence-corrected chi connectivity index (χ3v) is 2.29. The number of halogens is 1. The van der Waals surface area contributed by atoms with Crippen molar-refractivity contribution in [3.63, 3.8) is 0 Å². The van der Waals surface area contributed by atoms with Crippen LogP contribution in [0.2, 0.25) is 0 Å². The van der Waals surface area contributed by atoms with Crippen molar-refractivity contribution in [2.24, 2.45) is 0 Å². The van der Waals surface area contributed by atoms with Crippen LogP contribution in [0.25, 0.3) is 0 Å². The first-order chi connectivity index (χ1) is 6.34. The first-order valence-electron chi connectivity index (χ1n) is 4.17. The van der Waals surface area contributed by atoms with Crippen LogP contribution in [-0.2, 0) is 6.54 Å². The van der Waals surface area contributed by atoms with Crippen molar-refractivity contribution < 1.29 is 4.42 Å². The molecule has 0 spiro atoms. The number of rotatable bonds is 4. The second-order valence-corrected chi connectivity index (χ2v) is 3.40. The van der Waals surface area contributed by atoms with Gasteiger partial charge in [0, 0.05) is 13.0 Å². The normalized spacial score (nSPS) is 9.38. The quantitative estimate of drug-likeness (QED) is 0.648. The summed E-state index contributed by atoms with van der Waals surface area (Å²) in [5, 5.41) is 3.24. The minimum absolute atomic E-state index is 0.749. The molecule has 0 saturated carbocycles. The molecule has 13 heavy (non-hydrogen) atoms. The monoisotopic (exact) mass is 241 g/mol. The maximum absolute atomic E-state index is 5.23. The van der Waals surface area contributed by atoms with Gasteiger partial charge in [0.2, 0.25) is 0 Å². The van der Waals surface area contributed by atoms with Gasteiger partial charge in [-0.3, -0.25) is 0 Å². The average molecular weight is 242 g/mol. The van der Waals surface area contributed by atoms with Gasteiger partial charge in [0.05, 0.1) is 17.3 Å². The molecule has 0 unspecified atom stereocenters. The zero-order valence-corrected chi connectivity index (χ0v) is 9.15. The topological polar surface area (TPSA) is 25.2 Å². The molecule has 70 valence electrons. The molecular formula is C10H12BrNO. The van der Waals surface area contributed by atoms with Crippen LogP contribution in [0.5, 0.6) is 0 Å².